The van der Waals surface area contributed by atoms with Gasteiger partial charge in [0.1, 0.15) is 5.52 Å². The first-order chi connectivity index (χ1) is 9.39. The van der Waals surface area contributed by atoms with Crippen LogP contribution in [0.4, 0.5) is 5.82 Å². The highest BCUT2D eigenvalue weighted by Crippen LogP contribution is 2.35. The third kappa shape index (κ3) is 1.83. The van der Waals surface area contributed by atoms with E-state index in [1.54, 1.807) is 0 Å². The first kappa shape index (κ1) is 12.9. The molecule has 104 valence electrons. The topological polar surface area (TPSA) is 56.7 Å². The Morgan fingerprint density at radius 2 is 1.90 bits per heavy atom. The number of aromatic nitrogens is 3. The summed E-state index contributed by atoms with van der Waals surface area (Å²) in [5.74, 6) is 0.499. The molecule has 0 aliphatic rings. The second kappa shape index (κ2) is 4.20. The van der Waals surface area contributed by atoms with Gasteiger partial charge in [0.15, 0.2) is 5.82 Å². The van der Waals surface area contributed by atoms with Crippen molar-refractivity contribution in [3.63, 3.8) is 0 Å². The summed E-state index contributed by atoms with van der Waals surface area (Å²) in [6.07, 6.45) is 1.88. The van der Waals surface area contributed by atoms with E-state index < -0.39 is 0 Å². The van der Waals surface area contributed by atoms with Gasteiger partial charge in [-0.25, -0.2) is 9.97 Å². The van der Waals surface area contributed by atoms with E-state index in [0.29, 0.717) is 11.9 Å². The van der Waals surface area contributed by atoms with Crippen LogP contribution in [-0.2, 0) is 0 Å². The van der Waals surface area contributed by atoms with Crippen LogP contribution in [-0.4, -0.2) is 14.5 Å². The molecule has 3 rings (SSSR count). The van der Waals surface area contributed by atoms with Crippen molar-refractivity contribution in [2.24, 2.45) is 5.41 Å². The monoisotopic (exact) mass is 268 g/mol. The van der Waals surface area contributed by atoms with Gasteiger partial charge in [0, 0.05) is 11.4 Å². The van der Waals surface area contributed by atoms with Crippen molar-refractivity contribution in [2.75, 3.05) is 5.73 Å². The lowest BCUT2D eigenvalue weighted by Crippen LogP contribution is -2.21. The largest absolute Gasteiger partial charge is 0.382 e. The predicted octanol–water partition coefficient (Wildman–Crippen LogP) is 3.77. The summed E-state index contributed by atoms with van der Waals surface area (Å²) >= 11 is 0. The zero-order chi connectivity index (χ0) is 14.5. The number of fused-ring (bicyclic) bond motifs is 3. The zero-order valence-electron chi connectivity index (χ0n) is 12.4. The number of imidazole rings is 1. The van der Waals surface area contributed by atoms with E-state index in [0.717, 1.165) is 21.9 Å². The average molecular weight is 268 g/mol. The number of hydrogen-bond donors (Lipinski definition) is 1. The Kier molecular flexibility index (Phi) is 2.71. The molecule has 0 amide bonds. The fourth-order valence-electron chi connectivity index (χ4n) is 2.48. The van der Waals surface area contributed by atoms with E-state index in [-0.39, 0.29) is 5.41 Å². The lowest BCUT2D eigenvalue weighted by Gasteiger charge is -2.29. The standard InChI is InChI=1S/C16H20N4/c1-10(16(2,3)4)20-9-18-13-14(20)11-7-5-6-8-12(11)19-15(13)17/h5-10H,1-4H3,(H2,17,19)/t10-/m1/s1. The normalized spacial score (nSPS) is 14.0. The van der Waals surface area contributed by atoms with Crippen molar-refractivity contribution in [1.29, 1.82) is 0 Å². The van der Waals surface area contributed by atoms with Gasteiger partial charge in [-0.15, -0.1) is 0 Å². The summed E-state index contributed by atoms with van der Waals surface area (Å²) in [5, 5.41) is 1.10. The lowest BCUT2D eigenvalue weighted by atomic mass is 9.88. The van der Waals surface area contributed by atoms with Crippen LogP contribution in [0.2, 0.25) is 0 Å². The van der Waals surface area contributed by atoms with Gasteiger partial charge in [0.2, 0.25) is 0 Å². The fraction of sp³-hybridized carbons (Fsp3) is 0.375. The molecule has 20 heavy (non-hydrogen) atoms. The molecule has 2 heterocycles. The van der Waals surface area contributed by atoms with Crippen LogP contribution < -0.4 is 5.73 Å². The fourth-order valence-corrected chi connectivity index (χ4v) is 2.48. The van der Waals surface area contributed by atoms with Crippen molar-refractivity contribution in [1.82, 2.24) is 14.5 Å². The van der Waals surface area contributed by atoms with E-state index in [2.05, 4.69) is 48.3 Å². The molecular formula is C16H20N4. The van der Waals surface area contributed by atoms with Gasteiger partial charge in [-0.05, 0) is 18.4 Å². The molecule has 2 N–H and O–H groups in total. The van der Waals surface area contributed by atoms with Gasteiger partial charge in [0.05, 0.1) is 17.4 Å². The molecule has 4 heteroatoms. The summed E-state index contributed by atoms with van der Waals surface area (Å²) in [4.78, 5) is 8.92. The van der Waals surface area contributed by atoms with Crippen molar-refractivity contribution >= 4 is 27.8 Å². The molecule has 0 aliphatic carbocycles. The smallest absolute Gasteiger partial charge is 0.152 e. The highest BCUT2D eigenvalue weighted by Gasteiger charge is 2.24. The number of nitrogens with two attached hydrogens (primary N) is 1. The summed E-state index contributed by atoms with van der Waals surface area (Å²) in [5.41, 5.74) is 8.99. The third-order valence-electron chi connectivity index (χ3n) is 4.11. The van der Waals surface area contributed by atoms with Gasteiger partial charge in [-0.2, -0.15) is 0 Å². The minimum atomic E-state index is 0.146. The number of benzene rings is 1. The first-order valence-corrected chi connectivity index (χ1v) is 6.90. The highest BCUT2D eigenvalue weighted by molar-refractivity contribution is 6.06. The van der Waals surface area contributed by atoms with Gasteiger partial charge in [-0.3, -0.25) is 0 Å². The van der Waals surface area contributed by atoms with Crippen LogP contribution in [0.3, 0.4) is 0 Å². The number of hydrogen-bond acceptors (Lipinski definition) is 3. The van der Waals surface area contributed by atoms with Crippen LogP contribution in [0, 0.1) is 5.41 Å². The summed E-state index contributed by atoms with van der Waals surface area (Å²) in [6, 6.07) is 8.40. The molecule has 0 saturated heterocycles. The van der Waals surface area contributed by atoms with Crippen molar-refractivity contribution < 1.29 is 0 Å². The van der Waals surface area contributed by atoms with E-state index in [9.17, 15) is 0 Å². The van der Waals surface area contributed by atoms with Crippen LogP contribution in [0.15, 0.2) is 30.6 Å². The zero-order valence-corrected chi connectivity index (χ0v) is 12.4. The van der Waals surface area contributed by atoms with Crippen LogP contribution >= 0.6 is 0 Å². The van der Waals surface area contributed by atoms with E-state index in [1.165, 1.54) is 0 Å². The van der Waals surface area contributed by atoms with Gasteiger partial charge >= 0.3 is 0 Å². The SMILES string of the molecule is C[C@@H](n1cnc2c(N)nc3ccccc3c21)C(C)(C)C. The lowest BCUT2D eigenvalue weighted by molar-refractivity contribution is 0.267. The Balaban J connectivity index is 2.41. The van der Waals surface area contributed by atoms with Crippen molar-refractivity contribution in [2.45, 2.75) is 33.7 Å². The molecule has 2 aromatic heterocycles. The number of pyridine rings is 1. The Morgan fingerprint density at radius 1 is 1.20 bits per heavy atom. The Labute approximate surface area is 118 Å². The van der Waals surface area contributed by atoms with E-state index in [1.807, 2.05) is 24.5 Å². The second-order valence-electron chi connectivity index (χ2n) is 6.41. The van der Waals surface area contributed by atoms with Crippen LogP contribution in [0.25, 0.3) is 21.9 Å². The average Bonchev–Trinajstić information content (AvgIpc) is 2.82. The molecule has 0 bridgehead atoms. The summed E-state index contributed by atoms with van der Waals surface area (Å²) in [7, 11) is 0. The maximum Gasteiger partial charge on any atom is 0.152 e. The van der Waals surface area contributed by atoms with Gasteiger partial charge < -0.3 is 10.3 Å². The molecule has 0 spiro atoms. The molecule has 3 aromatic rings. The molecule has 0 saturated carbocycles. The minimum Gasteiger partial charge on any atom is -0.382 e. The number of anilines is 1. The molecule has 1 aromatic carbocycles. The Hall–Kier alpha value is -2.10. The van der Waals surface area contributed by atoms with Crippen LogP contribution in [0.1, 0.15) is 33.7 Å². The van der Waals surface area contributed by atoms with Crippen molar-refractivity contribution in [3.8, 4) is 0 Å². The summed E-state index contributed by atoms with van der Waals surface area (Å²) in [6.45, 7) is 8.91. The number of rotatable bonds is 1. The molecule has 0 aliphatic heterocycles. The number of nitrogens with zero attached hydrogens (tertiary/aromatic N) is 3. The second-order valence-corrected chi connectivity index (χ2v) is 6.41. The van der Waals surface area contributed by atoms with Gasteiger partial charge in [-0.1, -0.05) is 39.0 Å². The molecular weight excluding hydrogens is 248 g/mol. The molecule has 1 atom stereocenters. The van der Waals surface area contributed by atoms with Gasteiger partial charge in [0.25, 0.3) is 0 Å². The maximum atomic E-state index is 6.06. The molecule has 0 unspecified atom stereocenters. The van der Waals surface area contributed by atoms with Crippen LogP contribution in [0.5, 0.6) is 0 Å². The maximum absolute atomic E-state index is 6.06. The first-order valence-electron chi connectivity index (χ1n) is 6.90. The van der Waals surface area contributed by atoms with Crippen molar-refractivity contribution in [3.05, 3.63) is 30.6 Å². The minimum absolute atomic E-state index is 0.146. The Morgan fingerprint density at radius 3 is 2.60 bits per heavy atom. The number of nitrogen functional groups attached to an aromatic ring is 1. The van der Waals surface area contributed by atoms with E-state index >= 15 is 0 Å². The van der Waals surface area contributed by atoms with E-state index in [4.69, 9.17) is 5.73 Å². The number of para-hydroxylation sites is 1. The third-order valence-corrected chi connectivity index (χ3v) is 4.11. The Bertz CT molecular complexity index is 780. The quantitative estimate of drug-likeness (QED) is 0.730. The summed E-state index contributed by atoms with van der Waals surface area (Å²) < 4.78 is 2.22. The predicted molar refractivity (Wildman–Crippen MR) is 83.6 cm³/mol. The highest BCUT2D eigenvalue weighted by atomic mass is 15.1. The molecule has 0 fully saturated rings. The molecule has 0 radical (unpaired) electrons. The molecule has 4 nitrogen and oxygen atoms in total.